The first-order valence-corrected chi connectivity index (χ1v) is 9.29. The number of nitrogens with zero attached hydrogens (tertiary/aromatic N) is 1. The topological polar surface area (TPSA) is 46.6 Å². The van der Waals surface area contributed by atoms with Crippen LogP contribution in [-0.4, -0.2) is 35.7 Å². The zero-order valence-corrected chi connectivity index (χ0v) is 15.5. The first-order chi connectivity index (χ1) is 12.0. The lowest BCUT2D eigenvalue weighted by molar-refractivity contribution is -0.145. The van der Waals surface area contributed by atoms with Crippen LogP contribution in [0.1, 0.15) is 26.9 Å². The van der Waals surface area contributed by atoms with Crippen molar-refractivity contribution in [2.45, 2.75) is 18.3 Å². The summed E-state index contributed by atoms with van der Waals surface area (Å²) < 4.78 is 4.90. The Morgan fingerprint density at radius 2 is 1.84 bits per heavy atom. The van der Waals surface area contributed by atoms with Crippen molar-refractivity contribution >= 4 is 35.2 Å². The first-order valence-electron chi connectivity index (χ1n) is 7.86. The Labute approximate surface area is 156 Å². The molecule has 3 rings (SSSR count). The second kappa shape index (κ2) is 7.50. The lowest BCUT2D eigenvalue weighted by Crippen LogP contribution is -2.43. The van der Waals surface area contributed by atoms with Gasteiger partial charge in [0.1, 0.15) is 11.4 Å². The number of esters is 1. The van der Waals surface area contributed by atoms with Gasteiger partial charge in [0.15, 0.2) is 0 Å². The minimum Gasteiger partial charge on any atom is -0.467 e. The van der Waals surface area contributed by atoms with Crippen LogP contribution in [0.5, 0.6) is 0 Å². The Hall–Kier alpha value is -1.98. The van der Waals surface area contributed by atoms with Crippen molar-refractivity contribution in [2.24, 2.45) is 0 Å². The maximum absolute atomic E-state index is 13.1. The van der Waals surface area contributed by atoms with E-state index in [1.54, 1.807) is 23.1 Å². The van der Waals surface area contributed by atoms with Gasteiger partial charge in [-0.1, -0.05) is 47.5 Å². The van der Waals surface area contributed by atoms with Gasteiger partial charge in [0.05, 0.1) is 7.11 Å². The molecule has 0 bridgehead atoms. The van der Waals surface area contributed by atoms with Crippen LogP contribution in [0.2, 0.25) is 5.02 Å². The van der Waals surface area contributed by atoms with Gasteiger partial charge < -0.3 is 9.64 Å². The van der Waals surface area contributed by atoms with Gasteiger partial charge in [0.2, 0.25) is 0 Å². The predicted octanol–water partition coefficient (Wildman–Crippen LogP) is 4.08. The molecule has 2 unspecified atom stereocenters. The Morgan fingerprint density at radius 1 is 1.16 bits per heavy atom. The van der Waals surface area contributed by atoms with Crippen molar-refractivity contribution in [1.29, 1.82) is 0 Å². The van der Waals surface area contributed by atoms with E-state index in [1.165, 1.54) is 18.9 Å². The number of hydrogen-bond donors (Lipinski definition) is 0. The minimum atomic E-state index is -0.634. The van der Waals surface area contributed by atoms with Gasteiger partial charge >= 0.3 is 5.97 Å². The quantitative estimate of drug-likeness (QED) is 0.758. The number of benzene rings is 2. The van der Waals surface area contributed by atoms with Gasteiger partial charge in [-0.3, -0.25) is 4.79 Å². The fourth-order valence-electron chi connectivity index (χ4n) is 2.83. The summed E-state index contributed by atoms with van der Waals surface area (Å²) in [5.41, 5.74) is 2.43. The van der Waals surface area contributed by atoms with Crippen molar-refractivity contribution in [3.05, 3.63) is 70.2 Å². The molecule has 1 heterocycles. The number of amides is 1. The second-order valence-corrected chi connectivity index (χ2v) is 7.34. The van der Waals surface area contributed by atoms with Crippen LogP contribution in [-0.2, 0) is 9.53 Å². The number of thioether (sulfide) groups is 1. The van der Waals surface area contributed by atoms with E-state index in [2.05, 4.69) is 0 Å². The molecule has 25 heavy (non-hydrogen) atoms. The third kappa shape index (κ3) is 3.53. The molecule has 0 saturated carbocycles. The summed E-state index contributed by atoms with van der Waals surface area (Å²) in [4.78, 5) is 26.9. The fraction of sp³-hybridized carbons (Fsp3) is 0.263. The molecule has 0 aliphatic carbocycles. The van der Waals surface area contributed by atoms with E-state index in [9.17, 15) is 9.59 Å². The predicted molar refractivity (Wildman–Crippen MR) is 99.8 cm³/mol. The van der Waals surface area contributed by atoms with E-state index >= 15 is 0 Å². The fourth-order valence-corrected chi connectivity index (χ4v) is 4.59. The second-order valence-electron chi connectivity index (χ2n) is 5.82. The molecule has 1 saturated heterocycles. The van der Waals surface area contributed by atoms with E-state index < -0.39 is 12.0 Å². The maximum atomic E-state index is 13.1. The lowest BCUT2D eigenvalue weighted by Gasteiger charge is -2.29. The average molecular weight is 376 g/mol. The molecule has 1 aliphatic heterocycles. The van der Waals surface area contributed by atoms with Crippen molar-refractivity contribution in [2.75, 3.05) is 12.9 Å². The van der Waals surface area contributed by atoms with E-state index in [0.717, 1.165) is 11.1 Å². The van der Waals surface area contributed by atoms with Crippen LogP contribution in [0.3, 0.4) is 0 Å². The molecule has 0 aromatic heterocycles. The third-order valence-corrected chi connectivity index (χ3v) is 5.83. The molecule has 6 heteroatoms. The van der Waals surface area contributed by atoms with Gasteiger partial charge in [-0.15, -0.1) is 11.8 Å². The van der Waals surface area contributed by atoms with E-state index in [0.29, 0.717) is 16.3 Å². The zero-order valence-electron chi connectivity index (χ0n) is 13.9. The number of aryl methyl sites for hydroxylation is 1. The van der Waals surface area contributed by atoms with Crippen LogP contribution in [0.4, 0.5) is 0 Å². The number of rotatable bonds is 3. The lowest BCUT2D eigenvalue weighted by atomic mass is 10.1. The molecule has 0 spiro atoms. The number of hydrogen-bond acceptors (Lipinski definition) is 4. The number of halogens is 1. The van der Waals surface area contributed by atoms with E-state index in [4.69, 9.17) is 16.3 Å². The standard InChI is InChI=1S/C19H18ClNO3S/c1-12-7-9-13(10-8-12)17(22)21-16(19(23)24-2)11-25-18(21)14-5-3-4-6-15(14)20/h3-10,16,18H,11H2,1-2H3. The Morgan fingerprint density at radius 3 is 2.48 bits per heavy atom. The first kappa shape index (κ1) is 17.8. The Bertz CT molecular complexity index is 794. The molecule has 2 aromatic carbocycles. The number of methoxy groups -OCH3 is 1. The molecule has 4 nitrogen and oxygen atoms in total. The summed E-state index contributed by atoms with van der Waals surface area (Å²) in [5.74, 6) is -0.145. The molecule has 2 aromatic rings. The normalized spacial score (nSPS) is 19.7. The zero-order chi connectivity index (χ0) is 18.0. The van der Waals surface area contributed by atoms with Crippen molar-refractivity contribution < 1.29 is 14.3 Å². The molecule has 1 amide bonds. The van der Waals surface area contributed by atoms with Crippen molar-refractivity contribution in [1.82, 2.24) is 4.90 Å². The number of carbonyl (C=O) groups is 2. The highest BCUT2D eigenvalue weighted by atomic mass is 35.5. The number of carbonyl (C=O) groups excluding carboxylic acids is 2. The minimum absolute atomic E-state index is 0.203. The van der Waals surface area contributed by atoms with Gasteiger partial charge in [-0.05, 0) is 25.1 Å². The summed E-state index contributed by atoms with van der Waals surface area (Å²) in [6.07, 6.45) is 0. The molecular weight excluding hydrogens is 358 g/mol. The van der Waals surface area contributed by atoms with E-state index in [-0.39, 0.29) is 11.3 Å². The summed E-state index contributed by atoms with van der Waals surface area (Å²) >= 11 is 7.85. The Balaban J connectivity index is 2.01. The summed E-state index contributed by atoms with van der Waals surface area (Å²) in [5, 5.41) is 0.249. The smallest absolute Gasteiger partial charge is 0.329 e. The van der Waals surface area contributed by atoms with Crippen LogP contribution in [0.25, 0.3) is 0 Å². The number of ether oxygens (including phenoxy) is 1. The third-order valence-electron chi connectivity index (χ3n) is 4.18. The molecule has 0 radical (unpaired) electrons. The maximum Gasteiger partial charge on any atom is 0.329 e. The van der Waals surface area contributed by atoms with Crippen LogP contribution in [0, 0.1) is 6.92 Å². The van der Waals surface area contributed by atoms with E-state index in [1.807, 2.05) is 37.3 Å². The average Bonchev–Trinajstić information content (AvgIpc) is 3.06. The molecular formula is C19H18ClNO3S. The highest BCUT2D eigenvalue weighted by Gasteiger charge is 2.43. The molecule has 1 aliphatic rings. The largest absolute Gasteiger partial charge is 0.467 e. The molecule has 0 N–H and O–H groups in total. The van der Waals surface area contributed by atoms with Gasteiger partial charge in [-0.25, -0.2) is 4.79 Å². The van der Waals surface area contributed by atoms with Gasteiger partial charge in [0, 0.05) is 21.9 Å². The van der Waals surface area contributed by atoms with Crippen LogP contribution >= 0.6 is 23.4 Å². The van der Waals surface area contributed by atoms with Crippen molar-refractivity contribution in [3.63, 3.8) is 0 Å². The van der Waals surface area contributed by atoms with Gasteiger partial charge in [0.25, 0.3) is 5.91 Å². The highest BCUT2D eigenvalue weighted by Crippen LogP contribution is 2.44. The summed E-state index contributed by atoms with van der Waals surface area (Å²) in [6, 6.07) is 14.1. The monoisotopic (exact) mass is 375 g/mol. The molecule has 1 fully saturated rings. The molecule has 2 atom stereocenters. The van der Waals surface area contributed by atoms with Crippen LogP contribution < -0.4 is 0 Å². The summed E-state index contributed by atoms with van der Waals surface area (Å²) in [7, 11) is 1.34. The highest BCUT2D eigenvalue weighted by molar-refractivity contribution is 7.99. The van der Waals surface area contributed by atoms with Gasteiger partial charge in [-0.2, -0.15) is 0 Å². The van der Waals surface area contributed by atoms with Crippen LogP contribution in [0.15, 0.2) is 48.5 Å². The Kier molecular flexibility index (Phi) is 5.35. The SMILES string of the molecule is COC(=O)C1CSC(c2ccccc2Cl)N1C(=O)c1ccc(C)cc1. The summed E-state index contributed by atoms with van der Waals surface area (Å²) in [6.45, 7) is 1.96. The van der Waals surface area contributed by atoms with Crippen molar-refractivity contribution in [3.8, 4) is 0 Å². The molecule has 130 valence electrons.